The molecule has 130 valence electrons. The van der Waals surface area contributed by atoms with Gasteiger partial charge in [-0.15, -0.1) is 0 Å². The predicted octanol–water partition coefficient (Wildman–Crippen LogP) is 4.37. The lowest BCUT2D eigenvalue weighted by atomic mass is 9.69. The van der Waals surface area contributed by atoms with E-state index in [4.69, 9.17) is 0 Å². The second-order valence-corrected chi connectivity index (χ2v) is 6.42. The van der Waals surface area contributed by atoms with E-state index in [2.05, 4.69) is 6.07 Å². The molecule has 0 saturated carbocycles. The van der Waals surface area contributed by atoms with Crippen LogP contribution in [0.5, 0.6) is 0 Å². The van der Waals surface area contributed by atoms with Crippen LogP contribution in [0.3, 0.4) is 0 Å². The maximum absolute atomic E-state index is 10.3. The largest absolute Gasteiger partial charge is 0.489 e. The minimum Gasteiger partial charge on any atom is -0.423 e. The van der Waals surface area contributed by atoms with Crippen LogP contribution in [0, 0.1) is 0 Å². The van der Waals surface area contributed by atoms with Crippen LogP contribution in [0.2, 0.25) is 0 Å². The molecule has 0 amide bonds. The fourth-order valence-electron chi connectivity index (χ4n) is 3.53. The summed E-state index contributed by atoms with van der Waals surface area (Å²) in [6, 6.07) is 33.8. The summed E-state index contributed by atoms with van der Waals surface area (Å²) in [7, 11) is -1.58. The van der Waals surface area contributed by atoms with Crippen molar-refractivity contribution in [2.24, 2.45) is 0 Å². The van der Waals surface area contributed by atoms with Gasteiger partial charge in [0, 0.05) is 0 Å². The first-order valence-corrected chi connectivity index (χ1v) is 8.95. The summed E-state index contributed by atoms with van der Waals surface area (Å²) < 4.78 is 0. The van der Waals surface area contributed by atoms with E-state index in [1.54, 1.807) is 0 Å². The smallest absolute Gasteiger partial charge is 0.423 e. The maximum atomic E-state index is 10.3. The third-order valence-electron chi connectivity index (χ3n) is 4.74. The van der Waals surface area contributed by atoms with Crippen molar-refractivity contribution in [1.82, 2.24) is 0 Å². The van der Waals surface area contributed by atoms with E-state index >= 15 is 0 Å². The van der Waals surface area contributed by atoms with E-state index in [1.165, 1.54) is 0 Å². The summed E-state index contributed by atoms with van der Waals surface area (Å²) in [6.07, 6.45) is 0. The first kappa shape index (κ1) is 17.3. The van der Waals surface area contributed by atoms with E-state index in [0.29, 0.717) is 5.46 Å². The fraction of sp³-hybridized carbons (Fsp3) is 0. The van der Waals surface area contributed by atoms with Crippen LogP contribution in [-0.2, 0) is 0 Å². The third-order valence-corrected chi connectivity index (χ3v) is 4.74. The van der Waals surface area contributed by atoms with Crippen LogP contribution >= 0.6 is 0 Å². The van der Waals surface area contributed by atoms with Crippen LogP contribution < -0.4 is 5.46 Å². The molecule has 4 rings (SSSR count). The monoisotopic (exact) mass is 350 g/mol. The Morgan fingerprint density at radius 1 is 0.444 bits per heavy atom. The maximum Gasteiger partial charge on any atom is 0.489 e. The van der Waals surface area contributed by atoms with Crippen LogP contribution in [0.15, 0.2) is 103 Å². The zero-order chi connectivity index (χ0) is 18.6. The Kier molecular flexibility index (Phi) is 4.88. The van der Waals surface area contributed by atoms with Crippen molar-refractivity contribution in [3.8, 4) is 33.4 Å². The lowest BCUT2D eigenvalue weighted by Gasteiger charge is -2.19. The van der Waals surface area contributed by atoms with Gasteiger partial charge >= 0.3 is 7.12 Å². The summed E-state index contributed by atoms with van der Waals surface area (Å²) >= 11 is 0. The average molecular weight is 350 g/mol. The molecule has 0 atom stereocenters. The molecule has 0 aliphatic carbocycles. The molecule has 0 fully saturated rings. The van der Waals surface area contributed by atoms with Gasteiger partial charge in [0.1, 0.15) is 0 Å². The Balaban J connectivity index is 2.07. The van der Waals surface area contributed by atoms with E-state index in [9.17, 15) is 10.0 Å². The summed E-state index contributed by atoms with van der Waals surface area (Å²) in [5.41, 5.74) is 6.12. The van der Waals surface area contributed by atoms with Crippen LogP contribution in [0.25, 0.3) is 33.4 Å². The topological polar surface area (TPSA) is 40.5 Å². The molecule has 0 aromatic heterocycles. The Morgan fingerprint density at radius 3 is 1.33 bits per heavy atom. The second kappa shape index (κ2) is 7.62. The van der Waals surface area contributed by atoms with E-state index in [0.717, 1.165) is 33.4 Å². The third kappa shape index (κ3) is 3.43. The van der Waals surface area contributed by atoms with Gasteiger partial charge < -0.3 is 10.0 Å². The summed E-state index contributed by atoms with van der Waals surface area (Å²) in [5.74, 6) is 0. The summed E-state index contributed by atoms with van der Waals surface area (Å²) in [6.45, 7) is 0. The molecule has 0 radical (unpaired) electrons. The molecule has 0 aliphatic rings. The Bertz CT molecular complexity index is 1030. The lowest BCUT2D eigenvalue weighted by molar-refractivity contribution is 0.426. The Labute approximate surface area is 159 Å². The minimum atomic E-state index is -1.58. The van der Waals surface area contributed by atoms with Crippen molar-refractivity contribution in [2.45, 2.75) is 0 Å². The number of benzene rings is 4. The summed E-state index contributed by atoms with van der Waals surface area (Å²) in [4.78, 5) is 0. The van der Waals surface area contributed by atoms with Crippen LogP contribution in [0.4, 0.5) is 0 Å². The van der Waals surface area contributed by atoms with Crippen LogP contribution in [-0.4, -0.2) is 17.2 Å². The molecular formula is C24H19BO2. The van der Waals surface area contributed by atoms with Crippen molar-refractivity contribution in [2.75, 3.05) is 0 Å². The predicted molar refractivity (Wildman–Crippen MR) is 113 cm³/mol. The van der Waals surface area contributed by atoms with E-state index < -0.39 is 7.12 Å². The molecule has 2 N–H and O–H groups in total. The highest BCUT2D eigenvalue weighted by Crippen LogP contribution is 2.34. The molecule has 0 spiro atoms. The molecule has 0 unspecified atom stereocenters. The average Bonchev–Trinajstić information content (AvgIpc) is 2.74. The highest BCUT2D eigenvalue weighted by atomic mass is 16.4. The molecule has 4 aromatic carbocycles. The molecule has 0 saturated heterocycles. The lowest BCUT2D eigenvalue weighted by Crippen LogP contribution is -2.34. The van der Waals surface area contributed by atoms with Crippen molar-refractivity contribution < 1.29 is 10.0 Å². The highest BCUT2D eigenvalue weighted by molar-refractivity contribution is 6.63. The van der Waals surface area contributed by atoms with Gasteiger partial charge in [-0.1, -0.05) is 103 Å². The SMILES string of the molecule is OB(O)c1c(-c2ccccc2)ccc(-c2ccccc2)c1-c1ccccc1. The van der Waals surface area contributed by atoms with Gasteiger partial charge in [0.2, 0.25) is 0 Å². The fourth-order valence-corrected chi connectivity index (χ4v) is 3.53. The van der Waals surface area contributed by atoms with Gasteiger partial charge in [-0.2, -0.15) is 0 Å². The van der Waals surface area contributed by atoms with Gasteiger partial charge in [0.25, 0.3) is 0 Å². The Hall–Kier alpha value is -3.14. The quantitative estimate of drug-likeness (QED) is 0.537. The number of rotatable bonds is 4. The number of hydrogen-bond donors (Lipinski definition) is 2. The van der Waals surface area contributed by atoms with E-state index in [1.807, 2.05) is 97.1 Å². The molecule has 3 heteroatoms. The normalized spacial score (nSPS) is 10.6. The van der Waals surface area contributed by atoms with E-state index in [-0.39, 0.29) is 0 Å². The van der Waals surface area contributed by atoms with Crippen molar-refractivity contribution in [3.63, 3.8) is 0 Å². The van der Waals surface area contributed by atoms with Crippen LogP contribution in [0.1, 0.15) is 0 Å². The van der Waals surface area contributed by atoms with Gasteiger partial charge in [-0.25, -0.2) is 0 Å². The van der Waals surface area contributed by atoms with Gasteiger partial charge in [-0.3, -0.25) is 0 Å². The van der Waals surface area contributed by atoms with Gasteiger partial charge in [-0.05, 0) is 38.8 Å². The molecular weight excluding hydrogens is 331 g/mol. The highest BCUT2D eigenvalue weighted by Gasteiger charge is 2.25. The molecule has 0 bridgehead atoms. The minimum absolute atomic E-state index is 0.522. The standard InChI is InChI=1S/C24H19BO2/c26-25(27)24-22(19-12-6-2-7-13-19)17-16-21(18-10-4-1-5-11-18)23(24)20-14-8-3-9-15-20/h1-17,26-27H. The Morgan fingerprint density at radius 2 is 0.852 bits per heavy atom. The first-order chi connectivity index (χ1) is 13.3. The molecule has 27 heavy (non-hydrogen) atoms. The van der Waals surface area contributed by atoms with Gasteiger partial charge in [0.15, 0.2) is 0 Å². The number of hydrogen-bond acceptors (Lipinski definition) is 2. The zero-order valence-electron chi connectivity index (χ0n) is 14.8. The molecule has 2 nitrogen and oxygen atoms in total. The molecule has 0 aliphatic heterocycles. The zero-order valence-corrected chi connectivity index (χ0v) is 14.8. The second-order valence-electron chi connectivity index (χ2n) is 6.42. The summed E-state index contributed by atoms with van der Waals surface area (Å²) in [5, 5.41) is 20.7. The first-order valence-electron chi connectivity index (χ1n) is 8.95. The van der Waals surface area contributed by atoms with Crippen molar-refractivity contribution in [1.29, 1.82) is 0 Å². The molecule has 4 aromatic rings. The molecule has 0 heterocycles. The van der Waals surface area contributed by atoms with Gasteiger partial charge in [0.05, 0.1) is 0 Å². The van der Waals surface area contributed by atoms with Crippen molar-refractivity contribution in [3.05, 3.63) is 103 Å². The van der Waals surface area contributed by atoms with Crippen molar-refractivity contribution >= 4 is 12.6 Å².